The molecule has 42 heavy (non-hydrogen) atoms. The van der Waals surface area contributed by atoms with Gasteiger partial charge in [-0.25, -0.2) is 9.78 Å². The van der Waals surface area contributed by atoms with Gasteiger partial charge in [0.1, 0.15) is 5.75 Å². The van der Waals surface area contributed by atoms with Gasteiger partial charge in [0, 0.05) is 5.56 Å². The molecule has 4 aromatic rings. The van der Waals surface area contributed by atoms with Crippen LogP contribution < -0.4 is 19.8 Å². The van der Waals surface area contributed by atoms with Crippen molar-refractivity contribution in [3.05, 3.63) is 81.6 Å². The maximum atomic E-state index is 13.8. The lowest BCUT2D eigenvalue weighted by atomic mass is 9.96. The Kier molecular flexibility index (Phi) is 9.62. The molecule has 1 aromatic heterocycles. The molecule has 0 aliphatic heterocycles. The molecule has 9 nitrogen and oxygen atoms in total. The van der Waals surface area contributed by atoms with Gasteiger partial charge < -0.3 is 18.9 Å². The standard InChI is InChI=1S/C33H37N3O6/c1-8-40-29-16-21(5)26(18-25(29)20(3)4)31-35-27-13-11-10-12-24(27)32(37)36(31)34-19-23-14-15-28(30(17-23)41-9-2)42-22(6)33(38)39-7/h10-20,22H,8-9H2,1-7H3/t22-/m1/s1. The average molecular weight is 572 g/mol. The molecule has 4 rings (SSSR count). The van der Waals surface area contributed by atoms with E-state index in [1.54, 1.807) is 43.5 Å². The molecule has 0 saturated carbocycles. The molecule has 0 aliphatic carbocycles. The van der Waals surface area contributed by atoms with E-state index in [-0.39, 0.29) is 11.5 Å². The molecule has 0 aliphatic rings. The van der Waals surface area contributed by atoms with Gasteiger partial charge in [0.15, 0.2) is 23.4 Å². The van der Waals surface area contributed by atoms with Gasteiger partial charge in [0.25, 0.3) is 5.56 Å². The number of nitrogens with zero attached hydrogens (tertiary/aromatic N) is 3. The number of rotatable bonds is 11. The molecule has 0 saturated heterocycles. The summed E-state index contributed by atoms with van der Waals surface area (Å²) in [6.45, 7) is 12.5. The highest BCUT2D eigenvalue weighted by molar-refractivity contribution is 5.83. The third kappa shape index (κ3) is 6.46. The molecular formula is C33H37N3O6. The normalized spacial score (nSPS) is 12.1. The second kappa shape index (κ2) is 13.3. The Morgan fingerprint density at radius 3 is 2.38 bits per heavy atom. The second-order valence-electron chi connectivity index (χ2n) is 10.0. The van der Waals surface area contributed by atoms with Crippen LogP contribution >= 0.6 is 0 Å². The highest BCUT2D eigenvalue weighted by Gasteiger charge is 2.20. The van der Waals surface area contributed by atoms with Crippen LogP contribution in [0.5, 0.6) is 17.2 Å². The van der Waals surface area contributed by atoms with E-state index in [4.69, 9.17) is 23.9 Å². The van der Waals surface area contributed by atoms with Crippen molar-refractivity contribution in [3.63, 3.8) is 0 Å². The van der Waals surface area contributed by atoms with E-state index in [9.17, 15) is 9.59 Å². The number of fused-ring (bicyclic) bond motifs is 1. The first-order valence-corrected chi connectivity index (χ1v) is 14.0. The van der Waals surface area contributed by atoms with Crippen molar-refractivity contribution in [3.8, 4) is 28.6 Å². The molecule has 0 bridgehead atoms. The molecule has 0 radical (unpaired) electrons. The minimum absolute atomic E-state index is 0.189. The number of carbonyl (C=O) groups excluding carboxylic acids is 1. The van der Waals surface area contributed by atoms with Crippen LogP contribution in [0, 0.1) is 6.92 Å². The summed E-state index contributed by atoms with van der Waals surface area (Å²) in [5.74, 6) is 1.76. The van der Waals surface area contributed by atoms with E-state index in [1.165, 1.54) is 11.8 Å². The smallest absolute Gasteiger partial charge is 0.346 e. The van der Waals surface area contributed by atoms with E-state index in [1.807, 2.05) is 45.0 Å². The van der Waals surface area contributed by atoms with Crippen LogP contribution in [0.4, 0.5) is 0 Å². The zero-order chi connectivity index (χ0) is 30.4. The van der Waals surface area contributed by atoms with Crippen molar-refractivity contribution in [1.82, 2.24) is 9.66 Å². The summed E-state index contributed by atoms with van der Waals surface area (Å²) in [7, 11) is 1.31. The number of esters is 1. The first kappa shape index (κ1) is 30.3. The monoisotopic (exact) mass is 571 g/mol. The minimum atomic E-state index is -0.813. The van der Waals surface area contributed by atoms with Gasteiger partial charge in [-0.15, -0.1) is 0 Å². The summed E-state index contributed by atoms with van der Waals surface area (Å²) in [4.78, 5) is 30.5. The molecule has 0 amide bonds. The summed E-state index contributed by atoms with van der Waals surface area (Å²) in [6.07, 6.45) is 0.761. The lowest BCUT2D eigenvalue weighted by molar-refractivity contribution is -0.147. The highest BCUT2D eigenvalue weighted by Crippen LogP contribution is 2.34. The topological polar surface area (TPSA) is 101 Å². The Labute approximate surface area is 245 Å². The maximum absolute atomic E-state index is 13.8. The molecule has 9 heteroatoms. The summed E-state index contributed by atoms with van der Waals surface area (Å²) in [5, 5.41) is 5.08. The quantitative estimate of drug-likeness (QED) is 0.158. The summed E-state index contributed by atoms with van der Waals surface area (Å²) in [5.41, 5.74) is 3.68. The Morgan fingerprint density at radius 1 is 0.976 bits per heavy atom. The number of hydrogen-bond donors (Lipinski definition) is 0. The van der Waals surface area contributed by atoms with E-state index in [0.717, 1.165) is 22.4 Å². The van der Waals surface area contributed by atoms with Gasteiger partial charge >= 0.3 is 5.97 Å². The Hall–Kier alpha value is -4.66. The van der Waals surface area contributed by atoms with Crippen molar-refractivity contribution in [2.75, 3.05) is 20.3 Å². The number of carbonyl (C=O) groups is 1. The van der Waals surface area contributed by atoms with Crippen molar-refractivity contribution in [2.24, 2.45) is 5.10 Å². The Bertz CT molecular complexity index is 1670. The van der Waals surface area contributed by atoms with Crippen molar-refractivity contribution in [2.45, 2.75) is 53.6 Å². The molecule has 220 valence electrons. The minimum Gasteiger partial charge on any atom is -0.494 e. The zero-order valence-corrected chi connectivity index (χ0v) is 25.1. The summed E-state index contributed by atoms with van der Waals surface area (Å²) in [6, 6.07) is 16.5. The van der Waals surface area contributed by atoms with E-state index in [0.29, 0.717) is 47.0 Å². The van der Waals surface area contributed by atoms with Gasteiger partial charge in [0.05, 0.1) is 37.4 Å². The third-order valence-corrected chi connectivity index (χ3v) is 6.70. The maximum Gasteiger partial charge on any atom is 0.346 e. The van der Waals surface area contributed by atoms with E-state index < -0.39 is 12.1 Å². The number of aromatic nitrogens is 2. The van der Waals surface area contributed by atoms with Crippen LogP contribution in [0.1, 0.15) is 57.2 Å². The highest BCUT2D eigenvalue weighted by atomic mass is 16.6. The van der Waals surface area contributed by atoms with Gasteiger partial charge in [-0.1, -0.05) is 26.0 Å². The number of hydrogen-bond acceptors (Lipinski definition) is 8. The number of aryl methyl sites for hydroxylation is 1. The molecule has 3 aromatic carbocycles. The first-order valence-electron chi connectivity index (χ1n) is 14.0. The molecule has 1 heterocycles. The van der Waals surface area contributed by atoms with Crippen LogP contribution in [-0.4, -0.2) is 48.3 Å². The van der Waals surface area contributed by atoms with E-state index >= 15 is 0 Å². The number of ether oxygens (including phenoxy) is 4. The van der Waals surface area contributed by atoms with Crippen molar-refractivity contribution < 1.29 is 23.7 Å². The molecule has 0 N–H and O–H groups in total. The molecule has 0 spiro atoms. The number of benzene rings is 3. The van der Waals surface area contributed by atoms with Gasteiger partial charge in [-0.2, -0.15) is 9.78 Å². The number of para-hydroxylation sites is 1. The Balaban J connectivity index is 1.85. The molecular weight excluding hydrogens is 534 g/mol. The van der Waals surface area contributed by atoms with Crippen LogP contribution in [0.25, 0.3) is 22.3 Å². The van der Waals surface area contributed by atoms with Crippen LogP contribution in [0.15, 0.2) is 64.5 Å². The predicted molar refractivity (Wildman–Crippen MR) is 164 cm³/mol. The van der Waals surface area contributed by atoms with Crippen molar-refractivity contribution >= 4 is 23.1 Å². The second-order valence-corrected chi connectivity index (χ2v) is 10.0. The summed E-state index contributed by atoms with van der Waals surface area (Å²) < 4.78 is 23.5. The third-order valence-electron chi connectivity index (χ3n) is 6.70. The van der Waals surface area contributed by atoms with E-state index in [2.05, 4.69) is 18.9 Å². The van der Waals surface area contributed by atoms with Crippen LogP contribution in [0.2, 0.25) is 0 Å². The number of methoxy groups -OCH3 is 1. The SMILES string of the molecule is CCOc1cc(C=Nn2c(-c3cc(C(C)C)c(OCC)cc3C)nc3ccccc3c2=O)ccc1O[C@H](C)C(=O)OC. The molecule has 1 atom stereocenters. The van der Waals surface area contributed by atoms with Crippen molar-refractivity contribution in [1.29, 1.82) is 0 Å². The van der Waals surface area contributed by atoms with Crippen LogP contribution in [-0.2, 0) is 9.53 Å². The fourth-order valence-electron chi connectivity index (χ4n) is 4.58. The lowest BCUT2D eigenvalue weighted by Gasteiger charge is -2.18. The zero-order valence-electron chi connectivity index (χ0n) is 25.1. The molecule has 0 unspecified atom stereocenters. The molecule has 0 fully saturated rings. The first-order chi connectivity index (χ1) is 20.2. The fourth-order valence-corrected chi connectivity index (χ4v) is 4.58. The van der Waals surface area contributed by atoms with Gasteiger partial charge in [0.2, 0.25) is 0 Å². The fraction of sp³-hybridized carbons (Fsp3) is 0.333. The Morgan fingerprint density at radius 2 is 1.69 bits per heavy atom. The largest absolute Gasteiger partial charge is 0.494 e. The van der Waals surface area contributed by atoms with Gasteiger partial charge in [-0.3, -0.25) is 4.79 Å². The predicted octanol–water partition coefficient (Wildman–Crippen LogP) is 6.12. The summed E-state index contributed by atoms with van der Waals surface area (Å²) >= 11 is 0. The van der Waals surface area contributed by atoms with Crippen LogP contribution in [0.3, 0.4) is 0 Å². The average Bonchev–Trinajstić information content (AvgIpc) is 2.97. The lowest BCUT2D eigenvalue weighted by Crippen LogP contribution is -2.25. The van der Waals surface area contributed by atoms with Gasteiger partial charge in [-0.05, 0) is 92.8 Å².